The Morgan fingerprint density at radius 2 is 1.74 bits per heavy atom. The number of carbonyl (C=O) groups excluding carboxylic acids is 1. The lowest BCUT2D eigenvalue weighted by Crippen LogP contribution is -2.25. The molecule has 5 nitrogen and oxygen atoms in total. The highest BCUT2D eigenvalue weighted by Crippen LogP contribution is 2.40. The zero-order valence-corrected chi connectivity index (χ0v) is 20.0. The van der Waals surface area contributed by atoms with Gasteiger partial charge in [0.05, 0.1) is 11.4 Å². The number of aromatic nitrogens is 1. The van der Waals surface area contributed by atoms with Crippen LogP contribution in [-0.4, -0.2) is 34.6 Å². The normalized spacial score (nSPS) is 15.3. The predicted molar refractivity (Wildman–Crippen MR) is 133 cm³/mol. The second-order valence-electron chi connectivity index (χ2n) is 9.16. The summed E-state index contributed by atoms with van der Waals surface area (Å²) in [5.41, 5.74) is 3.13. The predicted octanol–water partition coefficient (Wildman–Crippen LogP) is 6.38. The molecule has 0 saturated heterocycles. The van der Waals surface area contributed by atoms with Crippen molar-refractivity contribution in [3.05, 3.63) is 65.1 Å². The molecular weight excluding hydrogens is 431 g/mol. The molecule has 1 aromatic heterocycles. The molecule has 0 saturated carbocycles. The van der Waals surface area contributed by atoms with Crippen LogP contribution in [0.1, 0.15) is 79.9 Å². The van der Waals surface area contributed by atoms with Gasteiger partial charge < -0.3 is 10.0 Å². The fourth-order valence-corrected chi connectivity index (χ4v) is 5.11. The largest absolute Gasteiger partial charge is 0.481 e. The Morgan fingerprint density at radius 1 is 1.06 bits per heavy atom. The molecule has 6 heteroatoms. The first-order chi connectivity index (χ1) is 16.5. The third-order valence-corrected chi connectivity index (χ3v) is 6.88. The lowest BCUT2D eigenvalue weighted by atomic mass is 9.85. The highest BCUT2D eigenvalue weighted by Gasteiger charge is 2.34. The molecule has 1 heterocycles. The molecule has 1 aliphatic carbocycles. The second kappa shape index (κ2) is 10.4. The summed E-state index contributed by atoms with van der Waals surface area (Å²) in [7, 11) is 0. The van der Waals surface area contributed by atoms with E-state index in [4.69, 9.17) is 0 Å². The van der Waals surface area contributed by atoms with Gasteiger partial charge >= 0.3 is 5.97 Å². The monoisotopic (exact) mass is 464 g/mol. The highest BCUT2D eigenvalue weighted by molar-refractivity contribution is 6.05. The van der Waals surface area contributed by atoms with Crippen LogP contribution in [0.5, 0.6) is 0 Å². The molecule has 3 aromatic rings. The van der Waals surface area contributed by atoms with Crippen molar-refractivity contribution in [2.24, 2.45) is 0 Å². The van der Waals surface area contributed by atoms with Crippen molar-refractivity contribution in [3.63, 3.8) is 0 Å². The van der Waals surface area contributed by atoms with Gasteiger partial charge in [-0.25, -0.2) is 4.39 Å². The number of aliphatic carboxylic acids is 1. The average molecular weight is 465 g/mol. The minimum Gasteiger partial charge on any atom is -0.481 e. The molecular formula is C28H33FN2O3. The summed E-state index contributed by atoms with van der Waals surface area (Å²) in [6.07, 6.45) is 6.13. The van der Waals surface area contributed by atoms with Gasteiger partial charge in [0.1, 0.15) is 5.82 Å². The van der Waals surface area contributed by atoms with Crippen LogP contribution in [0.4, 0.5) is 10.1 Å². The zero-order valence-electron chi connectivity index (χ0n) is 20.0. The number of rotatable bonds is 9. The molecule has 0 amide bonds. The van der Waals surface area contributed by atoms with Crippen LogP contribution in [0.3, 0.4) is 0 Å². The number of hydrogen-bond acceptors (Lipinski definition) is 3. The number of anilines is 1. The van der Waals surface area contributed by atoms with Crippen LogP contribution in [0.25, 0.3) is 10.9 Å². The van der Waals surface area contributed by atoms with E-state index >= 15 is 0 Å². The fourth-order valence-electron chi connectivity index (χ4n) is 5.11. The van der Waals surface area contributed by atoms with Crippen LogP contribution in [0, 0.1) is 5.82 Å². The first-order valence-corrected chi connectivity index (χ1v) is 12.4. The standard InChI is InChI=1S/C28H33FN2O3/c1-3-5-17-30(18-6-4-2)20-15-13-19(14-16-20)27(32)31-23-11-7-9-21(28(33)34)25(23)26-22(29)10-8-12-24(26)31/h8,10,12-16,21H,3-7,9,11,17-18H2,1-2H3,(H,33,34). The van der Waals surface area contributed by atoms with Crippen LogP contribution < -0.4 is 4.90 Å². The minimum absolute atomic E-state index is 0.247. The number of carboxylic acid groups (broad SMARTS) is 1. The van der Waals surface area contributed by atoms with E-state index in [2.05, 4.69) is 18.7 Å². The van der Waals surface area contributed by atoms with Gasteiger partial charge in [-0.15, -0.1) is 0 Å². The van der Waals surface area contributed by atoms with Crippen molar-refractivity contribution in [2.75, 3.05) is 18.0 Å². The molecule has 0 fully saturated rings. The number of fused-ring (bicyclic) bond motifs is 3. The molecule has 34 heavy (non-hydrogen) atoms. The van der Waals surface area contributed by atoms with Gasteiger partial charge in [-0.3, -0.25) is 14.2 Å². The number of nitrogens with zero attached hydrogens (tertiary/aromatic N) is 2. The van der Waals surface area contributed by atoms with Gasteiger partial charge in [0, 0.05) is 35.4 Å². The summed E-state index contributed by atoms with van der Waals surface area (Å²) in [6, 6.07) is 12.2. The quantitative estimate of drug-likeness (QED) is 0.399. The molecule has 1 N–H and O–H groups in total. The Bertz CT molecular complexity index is 1170. The zero-order chi connectivity index (χ0) is 24.2. The van der Waals surface area contributed by atoms with Crippen molar-refractivity contribution in [1.82, 2.24) is 4.57 Å². The van der Waals surface area contributed by atoms with E-state index in [-0.39, 0.29) is 11.3 Å². The Hall–Kier alpha value is -3.15. The third-order valence-electron chi connectivity index (χ3n) is 6.88. The topological polar surface area (TPSA) is 62.5 Å². The van der Waals surface area contributed by atoms with Crippen molar-refractivity contribution in [3.8, 4) is 0 Å². The van der Waals surface area contributed by atoms with Crippen molar-refractivity contribution < 1.29 is 19.1 Å². The van der Waals surface area contributed by atoms with Crippen LogP contribution in [0.15, 0.2) is 42.5 Å². The number of carbonyl (C=O) groups is 2. The van der Waals surface area contributed by atoms with E-state index in [0.29, 0.717) is 41.6 Å². The lowest BCUT2D eigenvalue weighted by Gasteiger charge is -2.25. The van der Waals surface area contributed by atoms with Crippen molar-refractivity contribution >= 4 is 28.5 Å². The Balaban J connectivity index is 1.74. The van der Waals surface area contributed by atoms with Gasteiger partial charge in [-0.2, -0.15) is 0 Å². The summed E-state index contributed by atoms with van der Waals surface area (Å²) in [4.78, 5) is 28.0. The Morgan fingerprint density at radius 3 is 2.35 bits per heavy atom. The van der Waals surface area contributed by atoms with E-state index in [1.54, 1.807) is 16.7 Å². The van der Waals surface area contributed by atoms with E-state index in [1.807, 2.05) is 24.3 Å². The highest BCUT2D eigenvalue weighted by atomic mass is 19.1. The third kappa shape index (κ3) is 4.46. The molecule has 4 rings (SSSR count). The first-order valence-electron chi connectivity index (χ1n) is 12.4. The summed E-state index contributed by atoms with van der Waals surface area (Å²) >= 11 is 0. The molecule has 1 atom stereocenters. The first kappa shape index (κ1) is 24.0. The summed E-state index contributed by atoms with van der Waals surface area (Å²) in [5, 5.41) is 10.0. The van der Waals surface area contributed by atoms with Crippen molar-refractivity contribution in [1.29, 1.82) is 0 Å². The smallest absolute Gasteiger partial charge is 0.311 e. The Kier molecular flexibility index (Phi) is 7.35. The number of benzene rings is 2. The molecule has 2 aromatic carbocycles. The van der Waals surface area contributed by atoms with Gasteiger partial charge in [0.2, 0.25) is 0 Å². The summed E-state index contributed by atoms with van der Waals surface area (Å²) in [5.74, 6) is -2.50. The molecule has 0 radical (unpaired) electrons. The maximum atomic E-state index is 14.9. The second-order valence-corrected chi connectivity index (χ2v) is 9.16. The van der Waals surface area contributed by atoms with Crippen molar-refractivity contribution in [2.45, 2.75) is 64.7 Å². The summed E-state index contributed by atoms with van der Waals surface area (Å²) < 4.78 is 16.5. The minimum atomic E-state index is -0.973. The summed E-state index contributed by atoms with van der Waals surface area (Å²) in [6.45, 7) is 6.32. The maximum absolute atomic E-state index is 14.9. The van der Waals surface area contributed by atoms with Crippen LogP contribution in [-0.2, 0) is 11.2 Å². The number of unbranched alkanes of at least 4 members (excludes halogenated alkanes) is 2. The fraction of sp³-hybridized carbons (Fsp3) is 0.429. The molecule has 0 spiro atoms. The maximum Gasteiger partial charge on any atom is 0.311 e. The van der Waals surface area contributed by atoms with Gasteiger partial charge in [0.15, 0.2) is 0 Å². The molecule has 1 unspecified atom stereocenters. The van der Waals surface area contributed by atoms with E-state index < -0.39 is 17.7 Å². The van der Waals surface area contributed by atoms with Gasteiger partial charge in [0.25, 0.3) is 5.91 Å². The van der Waals surface area contributed by atoms with E-state index in [1.165, 1.54) is 6.07 Å². The number of carboxylic acids is 1. The lowest BCUT2D eigenvalue weighted by molar-refractivity contribution is -0.139. The number of halogens is 1. The molecule has 0 aliphatic heterocycles. The Labute approximate surface area is 200 Å². The van der Waals surface area contributed by atoms with Gasteiger partial charge in [-0.05, 0) is 74.1 Å². The average Bonchev–Trinajstić information content (AvgIpc) is 3.19. The van der Waals surface area contributed by atoms with E-state index in [0.717, 1.165) is 44.5 Å². The molecule has 180 valence electrons. The molecule has 0 bridgehead atoms. The van der Waals surface area contributed by atoms with Crippen LogP contribution in [0.2, 0.25) is 0 Å². The molecule has 1 aliphatic rings. The SMILES string of the molecule is CCCCN(CCCC)c1ccc(C(=O)n2c3c(c4c(F)cccc42)C(C(=O)O)CCC3)cc1. The van der Waals surface area contributed by atoms with Gasteiger partial charge in [-0.1, -0.05) is 32.8 Å². The van der Waals surface area contributed by atoms with E-state index in [9.17, 15) is 19.1 Å². The number of hydrogen-bond donors (Lipinski definition) is 1. The van der Waals surface area contributed by atoms with Crippen LogP contribution >= 0.6 is 0 Å².